The van der Waals surface area contributed by atoms with E-state index in [1.54, 1.807) is 7.11 Å². The minimum atomic E-state index is -4.76. The highest BCUT2D eigenvalue weighted by Gasteiger charge is 2.44. The van der Waals surface area contributed by atoms with Gasteiger partial charge in [0, 0.05) is 39.9 Å². The van der Waals surface area contributed by atoms with Crippen molar-refractivity contribution in [2.45, 2.75) is 57.3 Å². The van der Waals surface area contributed by atoms with E-state index in [2.05, 4.69) is 5.32 Å². The third-order valence-corrected chi connectivity index (χ3v) is 6.17. The Morgan fingerprint density at radius 1 is 1.33 bits per heavy atom. The quantitative estimate of drug-likeness (QED) is 0.617. The highest BCUT2D eigenvalue weighted by molar-refractivity contribution is 6.05. The van der Waals surface area contributed by atoms with Crippen LogP contribution in [0.25, 0.3) is 0 Å². The molecule has 1 aromatic carbocycles. The Kier molecular flexibility index (Phi) is 7.58. The highest BCUT2D eigenvalue weighted by Crippen LogP contribution is 2.44. The summed E-state index contributed by atoms with van der Waals surface area (Å²) in [6, 6.07) is 1.81. The first-order chi connectivity index (χ1) is 15.5. The minimum Gasteiger partial charge on any atom is -0.476 e. The third-order valence-electron chi connectivity index (χ3n) is 6.17. The molecule has 0 radical (unpaired) electrons. The minimum absolute atomic E-state index is 0.0581. The molecule has 0 aliphatic carbocycles. The van der Waals surface area contributed by atoms with Crippen LogP contribution >= 0.6 is 0 Å². The predicted octanol–water partition coefficient (Wildman–Crippen LogP) is 3.46. The number of hydrogen-bond donors (Lipinski definition) is 1. The number of halogens is 3. The van der Waals surface area contributed by atoms with Crippen LogP contribution < -0.4 is 15.0 Å². The number of likely N-dealkylation sites (N-methyl/N-ethyl adjacent to an activating group) is 1. The van der Waals surface area contributed by atoms with Crippen molar-refractivity contribution in [3.8, 4) is 5.75 Å². The van der Waals surface area contributed by atoms with Crippen LogP contribution in [0.4, 0.5) is 18.9 Å². The van der Waals surface area contributed by atoms with Gasteiger partial charge in [-0.3, -0.25) is 9.59 Å². The van der Waals surface area contributed by atoms with Crippen molar-refractivity contribution >= 4 is 17.5 Å². The number of carbonyl (C=O) groups excluding carboxylic acids is 2. The van der Waals surface area contributed by atoms with Gasteiger partial charge in [-0.1, -0.05) is 0 Å². The molecule has 0 aromatic heterocycles. The molecule has 2 amide bonds. The number of fused-ring (bicyclic) bond motifs is 1. The van der Waals surface area contributed by atoms with Crippen molar-refractivity contribution in [3.05, 3.63) is 23.3 Å². The van der Waals surface area contributed by atoms with Gasteiger partial charge in [0.15, 0.2) is 5.60 Å². The van der Waals surface area contributed by atoms with Crippen molar-refractivity contribution < 1.29 is 32.2 Å². The van der Waals surface area contributed by atoms with Crippen LogP contribution in [0.15, 0.2) is 12.1 Å². The monoisotopic (exact) mass is 471 g/mol. The summed E-state index contributed by atoms with van der Waals surface area (Å²) in [5.41, 5.74) is -2.69. The predicted molar refractivity (Wildman–Crippen MR) is 118 cm³/mol. The van der Waals surface area contributed by atoms with E-state index in [1.165, 1.54) is 30.7 Å². The number of anilines is 1. The van der Waals surface area contributed by atoms with Gasteiger partial charge < -0.3 is 24.6 Å². The maximum atomic E-state index is 14.0. The Morgan fingerprint density at radius 2 is 2.06 bits per heavy atom. The molecule has 2 heterocycles. The fourth-order valence-electron chi connectivity index (χ4n) is 4.28. The molecule has 0 spiro atoms. The Hall–Kier alpha value is -2.33. The SMILES string of the molecule is COCCCCN1C(=O)C(C)(C)Oc2cc(C(F)(F)F)c(C(=O)N(C)[C@@H]3CCCNC3)cc21. The summed E-state index contributed by atoms with van der Waals surface area (Å²) < 4.78 is 52.7. The molecular formula is C23H32F3N3O4. The van der Waals surface area contributed by atoms with Crippen molar-refractivity contribution in [2.24, 2.45) is 0 Å². The molecule has 1 aromatic rings. The Morgan fingerprint density at radius 3 is 2.67 bits per heavy atom. The summed E-state index contributed by atoms with van der Waals surface area (Å²) >= 11 is 0. The molecule has 2 aliphatic rings. The van der Waals surface area contributed by atoms with E-state index in [-0.39, 0.29) is 29.9 Å². The topological polar surface area (TPSA) is 71.1 Å². The fraction of sp³-hybridized carbons (Fsp3) is 0.652. The Labute approximate surface area is 192 Å². The zero-order valence-corrected chi connectivity index (χ0v) is 19.6. The molecule has 10 heteroatoms. The third kappa shape index (κ3) is 5.43. The number of nitrogens with zero attached hydrogens (tertiary/aromatic N) is 2. The summed E-state index contributed by atoms with van der Waals surface area (Å²) in [6.45, 7) is 5.18. The number of amides is 2. The Balaban J connectivity index is 2.04. The first kappa shape index (κ1) is 25.3. The number of hydrogen-bond acceptors (Lipinski definition) is 5. The lowest BCUT2D eigenvalue weighted by molar-refractivity contribution is -0.138. The number of rotatable bonds is 7. The Bertz CT molecular complexity index is 882. The van der Waals surface area contributed by atoms with Crippen molar-refractivity contribution in [2.75, 3.05) is 45.3 Å². The van der Waals surface area contributed by atoms with Crippen LogP contribution in [0.5, 0.6) is 5.75 Å². The number of methoxy groups -OCH3 is 1. The van der Waals surface area contributed by atoms with Gasteiger partial charge in [-0.15, -0.1) is 0 Å². The maximum Gasteiger partial charge on any atom is 0.417 e. The molecule has 33 heavy (non-hydrogen) atoms. The van der Waals surface area contributed by atoms with Gasteiger partial charge in [0.2, 0.25) is 0 Å². The smallest absolute Gasteiger partial charge is 0.417 e. The van der Waals surface area contributed by atoms with Crippen LogP contribution in [-0.4, -0.2) is 68.8 Å². The van der Waals surface area contributed by atoms with Gasteiger partial charge in [-0.05, 0) is 58.2 Å². The second kappa shape index (κ2) is 9.89. The first-order valence-electron chi connectivity index (χ1n) is 11.2. The van der Waals surface area contributed by atoms with E-state index in [9.17, 15) is 22.8 Å². The lowest BCUT2D eigenvalue weighted by Gasteiger charge is -2.40. The molecular weight excluding hydrogens is 439 g/mol. The van der Waals surface area contributed by atoms with Gasteiger partial charge in [-0.25, -0.2) is 0 Å². The van der Waals surface area contributed by atoms with Gasteiger partial charge in [-0.2, -0.15) is 13.2 Å². The number of benzene rings is 1. The van der Waals surface area contributed by atoms with Crippen molar-refractivity contribution in [1.29, 1.82) is 0 Å². The number of unbranched alkanes of at least 4 members (excludes halogenated alkanes) is 1. The zero-order chi connectivity index (χ0) is 24.4. The summed E-state index contributed by atoms with van der Waals surface area (Å²) in [6.07, 6.45) is -1.94. The molecule has 0 bridgehead atoms. The number of ether oxygens (including phenoxy) is 2. The average molecular weight is 472 g/mol. The summed E-state index contributed by atoms with van der Waals surface area (Å²) in [7, 11) is 3.10. The maximum absolute atomic E-state index is 14.0. The summed E-state index contributed by atoms with van der Waals surface area (Å²) in [4.78, 5) is 29.1. The van der Waals surface area contributed by atoms with Crippen LogP contribution in [0, 0.1) is 0 Å². The molecule has 2 aliphatic heterocycles. The normalized spacial score (nSPS) is 20.3. The van der Waals surface area contributed by atoms with Crippen LogP contribution in [0.1, 0.15) is 55.5 Å². The fourth-order valence-corrected chi connectivity index (χ4v) is 4.28. The highest BCUT2D eigenvalue weighted by atomic mass is 19.4. The van der Waals surface area contributed by atoms with E-state index < -0.39 is 28.8 Å². The number of piperidine rings is 1. The number of carbonyl (C=O) groups is 2. The lowest BCUT2D eigenvalue weighted by Crippen LogP contribution is -2.53. The molecule has 1 saturated heterocycles. The molecule has 7 nitrogen and oxygen atoms in total. The molecule has 184 valence electrons. The molecule has 1 atom stereocenters. The summed E-state index contributed by atoms with van der Waals surface area (Å²) in [5.74, 6) is -1.15. The van der Waals surface area contributed by atoms with Crippen LogP contribution in [-0.2, 0) is 15.7 Å². The average Bonchev–Trinajstić information content (AvgIpc) is 2.77. The lowest BCUT2D eigenvalue weighted by atomic mass is 9.97. The standard InChI is InChI=1S/C23H32F3N3O4/c1-22(2)21(31)29(10-5-6-11-32-4)18-12-16(17(23(24,25)26)13-19(18)33-22)20(30)28(3)15-8-7-9-27-14-15/h12-13,15,27H,5-11,14H2,1-4H3/t15-/m1/s1. The second-order valence-electron chi connectivity index (χ2n) is 9.05. The van der Waals surface area contributed by atoms with Crippen molar-refractivity contribution in [3.63, 3.8) is 0 Å². The zero-order valence-electron chi connectivity index (χ0n) is 19.6. The molecule has 0 saturated carbocycles. The van der Waals surface area contributed by atoms with E-state index >= 15 is 0 Å². The molecule has 3 rings (SSSR count). The van der Waals surface area contributed by atoms with E-state index in [0.29, 0.717) is 32.4 Å². The van der Waals surface area contributed by atoms with Gasteiger partial charge in [0.25, 0.3) is 11.8 Å². The van der Waals surface area contributed by atoms with E-state index in [1.807, 2.05) is 0 Å². The molecule has 0 unspecified atom stereocenters. The first-order valence-corrected chi connectivity index (χ1v) is 11.2. The van der Waals surface area contributed by atoms with E-state index in [0.717, 1.165) is 25.1 Å². The molecule has 1 N–H and O–H groups in total. The van der Waals surface area contributed by atoms with Crippen LogP contribution in [0.2, 0.25) is 0 Å². The molecule has 1 fully saturated rings. The van der Waals surface area contributed by atoms with Crippen molar-refractivity contribution in [1.82, 2.24) is 10.2 Å². The van der Waals surface area contributed by atoms with E-state index in [4.69, 9.17) is 9.47 Å². The number of nitrogens with one attached hydrogen (secondary N) is 1. The van der Waals surface area contributed by atoms with Gasteiger partial charge in [0.05, 0.1) is 16.8 Å². The van der Waals surface area contributed by atoms with Crippen LogP contribution in [0.3, 0.4) is 0 Å². The van der Waals surface area contributed by atoms with Gasteiger partial charge >= 0.3 is 6.18 Å². The second-order valence-corrected chi connectivity index (χ2v) is 9.05. The summed E-state index contributed by atoms with van der Waals surface area (Å²) in [5, 5.41) is 3.17. The largest absolute Gasteiger partial charge is 0.476 e. The van der Waals surface area contributed by atoms with Gasteiger partial charge in [0.1, 0.15) is 5.75 Å². The number of alkyl halides is 3.